The molecular formula is C15H22O6. The van der Waals surface area contributed by atoms with Crippen molar-refractivity contribution >= 4 is 11.9 Å². The van der Waals surface area contributed by atoms with Crippen LogP contribution >= 0.6 is 0 Å². The lowest BCUT2D eigenvalue weighted by molar-refractivity contribution is -0.404. The first kappa shape index (κ1) is 14.8. The number of ketones is 1. The maximum absolute atomic E-state index is 12.0. The summed E-state index contributed by atoms with van der Waals surface area (Å²) in [4.78, 5) is 34.3. The minimum absolute atomic E-state index is 0.00843. The highest BCUT2D eigenvalue weighted by Gasteiger charge is 2.59. The van der Waals surface area contributed by atoms with E-state index >= 15 is 0 Å². The van der Waals surface area contributed by atoms with E-state index < -0.39 is 12.3 Å². The van der Waals surface area contributed by atoms with E-state index in [1.165, 1.54) is 7.11 Å². The molecule has 0 N–H and O–H groups in total. The van der Waals surface area contributed by atoms with Gasteiger partial charge in [0.2, 0.25) is 0 Å². The lowest BCUT2D eigenvalue weighted by Gasteiger charge is -2.41. The van der Waals surface area contributed by atoms with Crippen LogP contribution in [0.1, 0.15) is 39.5 Å². The van der Waals surface area contributed by atoms with E-state index in [1.54, 1.807) is 0 Å². The number of hydrogen-bond acceptors (Lipinski definition) is 6. The third kappa shape index (κ3) is 2.66. The van der Waals surface area contributed by atoms with E-state index in [1.807, 2.05) is 0 Å². The largest absolute Gasteiger partial charge is 0.508 e. The molecule has 3 fully saturated rings. The van der Waals surface area contributed by atoms with Crippen LogP contribution in [0.15, 0.2) is 0 Å². The number of hydrogen-bond donors (Lipinski definition) is 0. The van der Waals surface area contributed by atoms with Crippen LogP contribution in [-0.2, 0) is 24.0 Å². The lowest BCUT2D eigenvalue weighted by atomic mass is 9.78. The van der Waals surface area contributed by atoms with Crippen molar-refractivity contribution in [1.82, 2.24) is 0 Å². The maximum atomic E-state index is 12.0. The van der Waals surface area contributed by atoms with Gasteiger partial charge in [0.25, 0.3) is 0 Å². The molecule has 2 unspecified atom stereocenters. The van der Waals surface area contributed by atoms with E-state index in [0.717, 1.165) is 12.8 Å². The minimum Gasteiger partial charge on any atom is -0.438 e. The molecule has 2 aliphatic carbocycles. The number of carbonyl (C=O) groups excluding carboxylic acids is 2. The van der Waals surface area contributed by atoms with Crippen LogP contribution in [0.25, 0.3) is 0 Å². The van der Waals surface area contributed by atoms with Crippen LogP contribution in [-0.4, -0.2) is 37.4 Å². The van der Waals surface area contributed by atoms with Crippen LogP contribution in [0, 0.1) is 17.3 Å². The van der Waals surface area contributed by atoms with Gasteiger partial charge in [0.15, 0.2) is 11.9 Å². The van der Waals surface area contributed by atoms with Crippen LogP contribution < -0.4 is 0 Å². The molecule has 0 amide bonds. The maximum Gasteiger partial charge on any atom is 0.508 e. The second-order valence-electron chi connectivity index (χ2n) is 7.36. The Bertz CT molecular complexity index is 459. The summed E-state index contributed by atoms with van der Waals surface area (Å²) in [5.41, 5.74) is -0.297. The number of methoxy groups -OCH3 is 1. The highest BCUT2D eigenvalue weighted by Crippen LogP contribution is 2.55. The Hall–Kier alpha value is -1.14. The molecule has 0 aromatic rings. The van der Waals surface area contributed by atoms with Crippen molar-refractivity contribution in [2.45, 2.75) is 51.2 Å². The number of ether oxygens (including phenoxy) is 2. The molecule has 4 atom stereocenters. The second-order valence-corrected chi connectivity index (χ2v) is 7.36. The summed E-state index contributed by atoms with van der Waals surface area (Å²) in [6.07, 6.45) is 1.32. The molecule has 0 bridgehead atoms. The van der Waals surface area contributed by atoms with E-state index in [4.69, 9.17) is 14.5 Å². The van der Waals surface area contributed by atoms with Crippen molar-refractivity contribution in [3.63, 3.8) is 0 Å². The number of fused-ring (bicyclic) bond motifs is 1. The Kier molecular flexibility index (Phi) is 3.48. The van der Waals surface area contributed by atoms with E-state index in [2.05, 4.69) is 18.6 Å². The molecule has 6 heteroatoms. The van der Waals surface area contributed by atoms with Gasteiger partial charge in [0.1, 0.15) is 5.60 Å². The van der Waals surface area contributed by atoms with Crippen molar-refractivity contribution in [3.8, 4) is 0 Å². The Morgan fingerprint density at radius 1 is 1.33 bits per heavy atom. The van der Waals surface area contributed by atoms with E-state index in [9.17, 15) is 9.59 Å². The molecule has 0 aromatic heterocycles. The average molecular weight is 298 g/mol. The topological polar surface area (TPSA) is 71.1 Å². The zero-order valence-corrected chi connectivity index (χ0v) is 12.7. The molecular weight excluding hydrogens is 276 g/mol. The molecule has 2 saturated carbocycles. The van der Waals surface area contributed by atoms with Gasteiger partial charge in [-0.25, -0.2) is 14.6 Å². The summed E-state index contributed by atoms with van der Waals surface area (Å²) in [7, 11) is 1.25. The van der Waals surface area contributed by atoms with Crippen molar-refractivity contribution in [2.24, 2.45) is 17.3 Å². The van der Waals surface area contributed by atoms with E-state index in [-0.39, 0.29) is 28.6 Å². The van der Waals surface area contributed by atoms with Gasteiger partial charge in [-0.2, -0.15) is 0 Å². The monoisotopic (exact) mass is 298 g/mol. The third-order valence-corrected chi connectivity index (χ3v) is 4.89. The summed E-state index contributed by atoms with van der Waals surface area (Å²) in [6.45, 7) is 4.88. The molecule has 1 saturated heterocycles. The van der Waals surface area contributed by atoms with Gasteiger partial charge in [0.05, 0.1) is 13.7 Å². The van der Waals surface area contributed by atoms with Crippen molar-refractivity contribution < 1.29 is 28.8 Å². The van der Waals surface area contributed by atoms with Gasteiger partial charge in [-0.15, -0.1) is 0 Å². The SMILES string of the molecule is COC(=O)OC1C(=O)C[C@H]2CC3(C[C@@H]12)CC(C)(C)COO3. The predicted octanol–water partition coefficient (Wildman–Crippen LogP) is 2.25. The fourth-order valence-electron chi connectivity index (χ4n) is 4.28. The molecule has 6 nitrogen and oxygen atoms in total. The zero-order valence-electron chi connectivity index (χ0n) is 12.7. The fourth-order valence-corrected chi connectivity index (χ4v) is 4.28. The Morgan fingerprint density at radius 3 is 2.76 bits per heavy atom. The minimum atomic E-state index is -0.795. The second kappa shape index (κ2) is 4.95. The van der Waals surface area contributed by atoms with E-state index in [0.29, 0.717) is 19.4 Å². The summed E-state index contributed by atoms with van der Waals surface area (Å²) >= 11 is 0. The summed E-state index contributed by atoms with van der Waals surface area (Å²) in [5.74, 6) is 0.194. The summed E-state index contributed by atoms with van der Waals surface area (Å²) in [6, 6.07) is 0. The smallest absolute Gasteiger partial charge is 0.438 e. The molecule has 1 heterocycles. The summed E-state index contributed by atoms with van der Waals surface area (Å²) in [5, 5.41) is 0. The predicted molar refractivity (Wildman–Crippen MR) is 71.3 cm³/mol. The first-order chi connectivity index (χ1) is 9.84. The Labute approximate surface area is 124 Å². The molecule has 21 heavy (non-hydrogen) atoms. The number of carbonyl (C=O) groups is 2. The quantitative estimate of drug-likeness (QED) is 0.546. The molecule has 1 spiro atoms. The normalized spacial score (nSPS) is 41.1. The van der Waals surface area contributed by atoms with Crippen molar-refractivity contribution in [2.75, 3.05) is 13.7 Å². The molecule has 3 rings (SSSR count). The Morgan fingerprint density at radius 2 is 2.10 bits per heavy atom. The molecule has 0 radical (unpaired) electrons. The lowest BCUT2D eigenvalue weighted by Crippen LogP contribution is -2.44. The first-order valence-corrected chi connectivity index (χ1v) is 7.42. The first-order valence-electron chi connectivity index (χ1n) is 7.42. The molecule has 0 aromatic carbocycles. The van der Waals surface area contributed by atoms with Gasteiger partial charge >= 0.3 is 6.16 Å². The molecule has 3 aliphatic rings. The highest BCUT2D eigenvalue weighted by molar-refractivity contribution is 5.87. The fraction of sp³-hybridized carbons (Fsp3) is 0.867. The van der Waals surface area contributed by atoms with Crippen LogP contribution in [0.2, 0.25) is 0 Å². The van der Waals surface area contributed by atoms with Crippen LogP contribution in [0.5, 0.6) is 0 Å². The summed E-state index contributed by atoms with van der Waals surface area (Å²) < 4.78 is 9.68. The van der Waals surface area contributed by atoms with Gasteiger partial charge in [-0.1, -0.05) is 13.8 Å². The Balaban J connectivity index is 1.74. The standard InChI is InChI=1S/C15H22O6/c1-14(2)7-15(21-19-8-14)5-9-4-11(16)12(10(9)6-15)20-13(17)18-3/h9-10,12H,4-8H2,1-3H3/t9-,10+,12?,15?/m0/s1. The van der Waals surface area contributed by atoms with Gasteiger partial charge < -0.3 is 9.47 Å². The van der Waals surface area contributed by atoms with Gasteiger partial charge in [-0.05, 0) is 30.6 Å². The molecule has 1 aliphatic heterocycles. The number of rotatable bonds is 1. The van der Waals surface area contributed by atoms with Gasteiger partial charge in [0, 0.05) is 12.3 Å². The zero-order chi connectivity index (χ0) is 15.3. The van der Waals surface area contributed by atoms with Crippen LogP contribution in [0.3, 0.4) is 0 Å². The number of Topliss-reactive ketones (excluding diaryl/α,β-unsaturated/α-hetero) is 1. The highest BCUT2D eigenvalue weighted by atomic mass is 17.2. The van der Waals surface area contributed by atoms with Crippen LogP contribution in [0.4, 0.5) is 4.79 Å². The third-order valence-electron chi connectivity index (χ3n) is 4.89. The van der Waals surface area contributed by atoms with Crippen molar-refractivity contribution in [1.29, 1.82) is 0 Å². The molecule has 118 valence electrons. The average Bonchev–Trinajstić information content (AvgIpc) is 2.83. The van der Waals surface area contributed by atoms with Crippen molar-refractivity contribution in [3.05, 3.63) is 0 Å². The van der Waals surface area contributed by atoms with Gasteiger partial charge in [-0.3, -0.25) is 4.79 Å².